The molecule has 4 N–H and O–H groups in total. The average molecular weight is 413 g/mol. The van der Waals surface area contributed by atoms with Crippen LogP contribution in [0.15, 0.2) is 49.2 Å². The van der Waals surface area contributed by atoms with Crippen LogP contribution in [0.4, 0.5) is 14.5 Å². The zero-order valence-corrected chi connectivity index (χ0v) is 16.8. The van der Waals surface area contributed by atoms with Gasteiger partial charge in [-0.25, -0.2) is 8.78 Å². The number of likely N-dealkylation sites (tertiary alicyclic amines) is 1. The summed E-state index contributed by atoms with van der Waals surface area (Å²) >= 11 is 0. The number of carbonyl (C=O) groups excluding carboxylic acids is 1. The maximum atomic E-state index is 13.7. The van der Waals surface area contributed by atoms with E-state index in [1.165, 1.54) is 6.08 Å². The van der Waals surface area contributed by atoms with Crippen molar-refractivity contribution in [3.63, 3.8) is 0 Å². The van der Waals surface area contributed by atoms with E-state index in [1.54, 1.807) is 18.3 Å². The predicted molar refractivity (Wildman–Crippen MR) is 114 cm³/mol. The number of nitrogens with zero attached hydrogens (tertiary/aromatic N) is 2. The van der Waals surface area contributed by atoms with Gasteiger partial charge < -0.3 is 11.1 Å². The van der Waals surface area contributed by atoms with Gasteiger partial charge in [-0.3, -0.25) is 20.1 Å². The van der Waals surface area contributed by atoms with Gasteiger partial charge >= 0.3 is 0 Å². The van der Waals surface area contributed by atoms with Crippen LogP contribution in [-0.2, 0) is 11.3 Å². The quantitative estimate of drug-likeness (QED) is 0.633. The highest BCUT2D eigenvalue weighted by Gasteiger charge is 2.41. The van der Waals surface area contributed by atoms with Crippen LogP contribution in [0.1, 0.15) is 17.7 Å². The lowest BCUT2D eigenvalue weighted by Crippen LogP contribution is -2.54. The van der Waals surface area contributed by atoms with Gasteiger partial charge in [0, 0.05) is 49.2 Å². The molecule has 1 aliphatic rings. The number of aryl methyl sites for hydroxylation is 1. The summed E-state index contributed by atoms with van der Waals surface area (Å²) in [4.78, 5) is 18.3. The third-order valence-electron chi connectivity index (χ3n) is 5.11. The summed E-state index contributed by atoms with van der Waals surface area (Å²) in [5, 5.41) is 10.3. The fourth-order valence-corrected chi connectivity index (χ4v) is 3.35. The molecule has 2 aromatic rings. The summed E-state index contributed by atoms with van der Waals surface area (Å²) in [7, 11) is 0. The lowest BCUT2D eigenvalue weighted by molar-refractivity contribution is -0.110. The lowest BCUT2D eigenvalue weighted by Gasteiger charge is -2.36. The molecule has 8 heteroatoms. The molecule has 0 saturated carbocycles. The Labute approximate surface area is 174 Å². The first kappa shape index (κ1) is 21.7. The predicted octanol–water partition coefficient (Wildman–Crippen LogP) is 3.37. The number of aromatic nitrogens is 1. The van der Waals surface area contributed by atoms with Crippen LogP contribution >= 0.6 is 0 Å². The number of amides is 1. The number of nitrogens with two attached hydrogens (primary N) is 1. The molecule has 158 valence electrons. The molecule has 1 aromatic heterocycles. The van der Waals surface area contributed by atoms with Crippen LogP contribution < -0.4 is 11.1 Å². The Morgan fingerprint density at radius 3 is 2.80 bits per heavy atom. The van der Waals surface area contributed by atoms with E-state index in [-0.39, 0.29) is 25.2 Å². The minimum absolute atomic E-state index is 0.0894. The summed E-state index contributed by atoms with van der Waals surface area (Å²) in [5.74, 6) is -3.43. The van der Waals surface area contributed by atoms with E-state index in [0.717, 1.165) is 22.4 Å². The van der Waals surface area contributed by atoms with Gasteiger partial charge in [0.25, 0.3) is 11.8 Å². The van der Waals surface area contributed by atoms with Crippen molar-refractivity contribution in [3.05, 3.63) is 60.4 Å². The van der Waals surface area contributed by atoms with Crippen LogP contribution in [-0.4, -0.2) is 46.6 Å². The van der Waals surface area contributed by atoms with Gasteiger partial charge in [-0.15, -0.1) is 0 Å². The molecule has 3 rings (SSSR count). The van der Waals surface area contributed by atoms with Crippen molar-refractivity contribution in [2.24, 2.45) is 5.73 Å². The van der Waals surface area contributed by atoms with Gasteiger partial charge in [0.15, 0.2) is 0 Å². The van der Waals surface area contributed by atoms with Crippen molar-refractivity contribution >= 4 is 17.3 Å². The van der Waals surface area contributed by atoms with E-state index < -0.39 is 17.9 Å². The molecule has 0 unspecified atom stereocenters. The van der Waals surface area contributed by atoms with Gasteiger partial charge in [-0.1, -0.05) is 12.6 Å². The Morgan fingerprint density at radius 1 is 1.40 bits per heavy atom. The fraction of sp³-hybridized carbons (Fsp3) is 0.318. The van der Waals surface area contributed by atoms with Crippen molar-refractivity contribution in [2.75, 3.05) is 18.4 Å². The second kappa shape index (κ2) is 8.81. The summed E-state index contributed by atoms with van der Waals surface area (Å²) in [6.07, 6.45) is 2.62. The highest BCUT2D eigenvalue weighted by atomic mass is 19.3. The molecule has 1 atom stereocenters. The van der Waals surface area contributed by atoms with Crippen LogP contribution in [0.25, 0.3) is 11.1 Å². The topological polar surface area (TPSA) is 95.1 Å². The number of anilines is 1. The summed E-state index contributed by atoms with van der Waals surface area (Å²) in [6, 6.07) is 8.12. The number of hydrogen-bond donors (Lipinski definition) is 3. The van der Waals surface area contributed by atoms with Crippen LogP contribution in [0.3, 0.4) is 0 Å². The van der Waals surface area contributed by atoms with Crippen LogP contribution in [0.2, 0.25) is 0 Å². The van der Waals surface area contributed by atoms with E-state index in [9.17, 15) is 13.6 Å². The van der Waals surface area contributed by atoms with E-state index in [2.05, 4.69) is 16.9 Å². The third kappa shape index (κ3) is 5.14. The Hall–Kier alpha value is -2.97. The second-order valence-electron chi connectivity index (χ2n) is 7.53. The molecule has 2 heterocycles. The summed E-state index contributed by atoms with van der Waals surface area (Å²) < 4.78 is 27.4. The Morgan fingerprint density at radius 2 is 2.17 bits per heavy atom. The molecule has 0 bridgehead atoms. The molecule has 1 aromatic carbocycles. The molecule has 0 aliphatic carbocycles. The maximum absolute atomic E-state index is 13.7. The number of benzene rings is 1. The van der Waals surface area contributed by atoms with Crippen molar-refractivity contribution in [1.82, 2.24) is 9.88 Å². The van der Waals surface area contributed by atoms with Gasteiger partial charge in [0.1, 0.15) is 5.71 Å². The number of carbonyl (C=O) groups is 1. The van der Waals surface area contributed by atoms with Crippen LogP contribution in [0, 0.1) is 12.3 Å². The van der Waals surface area contributed by atoms with Gasteiger partial charge in [-0.2, -0.15) is 0 Å². The Balaban J connectivity index is 1.89. The summed E-state index contributed by atoms with van der Waals surface area (Å²) in [5.41, 5.74) is 9.31. The minimum atomic E-state index is -2.85. The molecular weight excluding hydrogens is 388 g/mol. The standard InChI is InChI=1S/C22H25F2N5O/c1-3-19(25)21(30)28-18-9-15(12-29-7-6-22(23,24)20(26)13-29)8-17(10-18)16-5-4-14(2)27-11-16/h3-5,8-11,20,25H,1,6-7,12-13,26H2,2H3,(H,28,30)/t20-/m1/s1. The maximum Gasteiger partial charge on any atom is 0.273 e. The highest BCUT2D eigenvalue weighted by molar-refractivity contribution is 6.45. The molecule has 1 saturated heterocycles. The molecule has 30 heavy (non-hydrogen) atoms. The zero-order chi connectivity index (χ0) is 21.9. The molecule has 0 radical (unpaired) electrons. The fourth-order valence-electron chi connectivity index (χ4n) is 3.35. The summed E-state index contributed by atoms with van der Waals surface area (Å²) in [6.45, 7) is 6.07. The Kier molecular flexibility index (Phi) is 6.38. The molecule has 6 nitrogen and oxygen atoms in total. The minimum Gasteiger partial charge on any atom is -0.322 e. The van der Waals surface area contributed by atoms with Gasteiger partial charge in [0.05, 0.1) is 6.04 Å². The van der Waals surface area contributed by atoms with E-state index in [0.29, 0.717) is 12.2 Å². The van der Waals surface area contributed by atoms with Crippen molar-refractivity contribution in [3.8, 4) is 11.1 Å². The number of alkyl halides is 2. The molecule has 1 fully saturated rings. The second-order valence-corrected chi connectivity index (χ2v) is 7.53. The van der Waals surface area contributed by atoms with E-state index in [1.807, 2.05) is 30.0 Å². The lowest BCUT2D eigenvalue weighted by atomic mass is 9.99. The zero-order valence-electron chi connectivity index (χ0n) is 16.8. The van der Waals surface area contributed by atoms with Crippen molar-refractivity contribution in [1.29, 1.82) is 5.41 Å². The molecular formula is C22H25F2N5O. The average Bonchev–Trinajstić information content (AvgIpc) is 2.70. The van der Waals surface area contributed by atoms with Crippen LogP contribution in [0.5, 0.6) is 0 Å². The normalized spacial score (nSPS) is 18.6. The third-order valence-corrected chi connectivity index (χ3v) is 5.11. The molecule has 1 aliphatic heterocycles. The first-order chi connectivity index (χ1) is 14.2. The molecule has 0 spiro atoms. The Bertz CT molecular complexity index is 959. The van der Waals surface area contributed by atoms with E-state index in [4.69, 9.17) is 11.1 Å². The largest absolute Gasteiger partial charge is 0.322 e. The number of nitrogens with one attached hydrogen (secondary N) is 2. The highest BCUT2D eigenvalue weighted by Crippen LogP contribution is 2.30. The number of hydrogen-bond acceptors (Lipinski definition) is 5. The van der Waals surface area contributed by atoms with Crippen molar-refractivity contribution in [2.45, 2.75) is 31.9 Å². The smallest absolute Gasteiger partial charge is 0.273 e. The van der Waals surface area contributed by atoms with Gasteiger partial charge in [0.2, 0.25) is 0 Å². The SMILES string of the molecule is C=CC(=N)C(=O)Nc1cc(CN2CCC(F)(F)[C@H](N)C2)cc(-c2ccc(C)nc2)c1. The first-order valence-corrected chi connectivity index (χ1v) is 9.63. The number of piperidine rings is 1. The van der Waals surface area contributed by atoms with E-state index >= 15 is 0 Å². The molecule has 1 amide bonds. The first-order valence-electron chi connectivity index (χ1n) is 9.63. The number of rotatable bonds is 6. The number of pyridine rings is 1. The monoisotopic (exact) mass is 413 g/mol. The van der Waals surface area contributed by atoms with Crippen molar-refractivity contribution < 1.29 is 13.6 Å². The van der Waals surface area contributed by atoms with Gasteiger partial charge in [-0.05, 0) is 48.4 Å². The number of halogens is 2.